The number of aromatic nitrogens is 2. The highest BCUT2D eigenvalue weighted by Crippen LogP contribution is 2.27. The third kappa shape index (κ3) is 2.00. The van der Waals surface area contributed by atoms with Crippen molar-refractivity contribution in [2.45, 2.75) is 6.61 Å². The molecule has 15 heavy (non-hydrogen) atoms. The first-order valence-electron chi connectivity index (χ1n) is 4.18. The molecule has 6 heteroatoms. The molecule has 5 nitrogen and oxygen atoms in total. The van der Waals surface area contributed by atoms with Crippen LogP contribution >= 0.6 is 15.9 Å². The van der Waals surface area contributed by atoms with Crippen LogP contribution in [0.4, 0.5) is 5.82 Å². The third-order valence-corrected chi connectivity index (χ3v) is 2.31. The van der Waals surface area contributed by atoms with Crippen molar-refractivity contribution in [3.05, 3.63) is 28.5 Å². The van der Waals surface area contributed by atoms with Crippen molar-refractivity contribution in [2.24, 2.45) is 0 Å². The second kappa shape index (κ2) is 4.00. The zero-order chi connectivity index (χ0) is 10.8. The van der Waals surface area contributed by atoms with Gasteiger partial charge in [0.25, 0.3) is 0 Å². The molecule has 0 radical (unpaired) electrons. The molecule has 0 unspecified atom stereocenters. The molecule has 0 saturated heterocycles. The molecule has 0 aromatic carbocycles. The van der Waals surface area contributed by atoms with Gasteiger partial charge in [-0.25, -0.2) is 4.98 Å². The van der Waals surface area contributed by atoms with Crippen LogP contribution in [-0.2, 0) is 6.61 Å². The van der Waals surface area contributed by atoms with E-state index < -0.39 is 0 Å². The van der Waals surface area contributed by atoms with Gasteiger partial charge < -0.3 is 15.4 Å². The number of halogens is 1. The normalized spacial score (nSPS) is 10.5. The number of aliphatic hydroxyl groups excluding tert-OH is 1. The average Bonchev–Trinajstić information content (AvgIpc) is 2.70. The van der Waals surface area contributed by atoms with E-state index in [1.807, 2.05) is 0 Å². The van der Waals surface area contributed by atoms with Crippen molar-refractivity contribution in [1.29, 1.82) is 0 Å². The van der Waals surface area contributed by atoms with E-state index in [9.17, 15) is 0 Å². The topological polar surface area (TPSA) is 85.2 Å². The molecule has 0 aliphatic rings. The number of rotatable bonds is 2. The van der Waals surface area contributed by atoms with Crippen LogP contribution in [0.5, 0.6) is 0 Å². The fraction of sp³-hybridized carbons (Fsp3) is 0.111. The Kier molecular flexibility index (Phi) is 2.70. The molecule has 0 bridgehead atoms. The van der Waals surface area contributed by atoms with Crippen LogP contribution in [-0.4, -0.2) is 15.2 Å². The van der Waals surface area contributed by atoms with Crippen LogP contribution in [0.2, 0.25) is 0 Å². The average molecular weight is 270 g/mol. The minimum Gasteiger partial charge on any atom is -0.390 e. The first-order valence-corrected chi connectivity index (χ1v) is 4.98. The van der Waals surface area contributed by atoms with E-state index in [-0.39, 0.29) is 6.61 Å². The van der Waals surface area contributed by atoms with Crippen molar-refractivity contribution >= 4 is 21.7 Å². The Labute approximate surface area is 94.0 Å². The monoisotopic (exact) mass is 269 g/mol. The largest absolute Gasteiger partial charge is 0.390 e. The lowest BCUT2D eigenvalue weighted by Gasteiger charge is -2.00. The van der Waals surface area contributed by atoms with Gasteiger partial charge in [-0.05, 0) is 22.0 Å². The lowest BCUT2D eigenvalue weighted by Crippen LogP contribution is -1.92. The van der Waals surface area contributed by atoms with Gasteiger partial charge in [0.2, 0.25) is 0 Å². The number of nitrogens with zero attached hydrogens (tertiary/aromatic N) is 2. The van der Waals surface area contributed by atoms with E-state index in [0.717, 1.165) is 4.47 Å². The Morgan fingerprint density at radius 1 is 1.47 bits per heavy atom. The van der Waals surface area contributed by atoms with Crippen molar-refractivity contribution < 1.29 is 9.63 Å². The van der Waals surface area contributed by atoms with Crippen molar-refractivity contribution in [3.63, 3.8) is 0 Å². The molecule has 0 saturated carbocycles. The summed E-state index contributed by atoms with van der Waals surface area (Å²) in [4.78, 5) is 3.97. The summed E-state index contributed by atoms with van der Waals surface area (Å²) in [6.45, 7) is -0.162. The summed E-state index contributed by atoms with van der Waals surface area (Å²) in [5.41, 5.74) is 6.80. The number of nitrogen functional groups attached to an aromatic ring is 1. The molecule has 0 fully saturated rings. The van der Waals surface area contributed by atoms with E-state index in [0.29, 0.717) is 22.8 Å². The molecular formula is C9H8BrN3O2. The molecule has 78 valence electrons. The zero-order valence-corrected chi connectivity index (χ0v) is 9.23. The zero-order valence-electron chi connectivity index (χ0n) is 7.64. The number of aliphatic hydroxyl groups is 1. The summed E-state index contributed by atoms with van der Waals surface area (Å²) >= 11 is 3.29. The molecule has 0 amide bonds. The van der Waals surface area contributed by atoms with E-state index in [1.165, 1.54) is 0 Å². The first-order chi connectivity index (χ1) is 7.20. The van der Waals surface area contributed by atoms with Gasteiger partial charge >= 0.3 is 0 Å². The van der Waals surface area contributed by atoms with Crippen LogP contribution in [0, 0.1) is 0 Å². The number of hydrogen-bond acceptors (Lipinski definition) is 5. The maximum atomic E-state index is 8.84. The maximum absolute atomic E-state index is 8.84. The highest BCUT2D eigenvalue weighted by Gasteiger charge is 2.10. The molecule has 0 atom stereocenters. The van der Waals surface area contributed by atoms with Crippen LogP contribution in [0.3, 0.4) is 0 Å². The molecule has 2 aromatic rings. The van der Waals surface area contributed by atoms with Gasteiger partial charge in [-0.15, -0.1) is 0 Å². The number of nitrogens with two attached hydrogens (primary N) is 1. The summed E-state index contributed by atoms with van der Waals surface area (Å²) in [6.07, 6.45) is 1.60. The Balaban J connectivity index is 2.48. The summed E-state index contributed by atoms with van der Waals surface area (Å²) < 4.78 is 5.83. The smallest absolute Gasteiger partial charge is 0.170 e. The highest BCUT2D eigenvalue weighted by molar-refractivity contribution is 9.10. The van der Waals surface area contributed by atoms with Gasteiger partial charge in [-0.3, -0.25) is 0 Å². The molecular weight excluding hydrogens is 262 g/mol. The summed E-state index contributed by atoms with van der Waals surface area (Å²) in [5.74, 6) is 0.851. The van der Waals surface area contributed by atoms with Gasteiger partial charge in [-0.1, -0.05) is 5.16 Å². The van der Waals surface area contributed by atoms with Gasteiger partial charge in [0.05, 0.1) is 12.2 Å². The van der Waals surface area contributed by atoms with Crippen LogP contribution in [0.25, 0.3) is 11.3 Å². The summed E-state index contributed by atoms with van der Waals surface area (Å²) in [6, 6.07) is 3.41. The Morgan fingerprint density at radius 2 is 2.27 bits per heavy atom. The number of pyridine rings is 1. The standard InChI is InChI=1S/C9H8BrN3O2/c10-5-1-7(9(11)12-3-5)8-2-6(4-14)13-15-8/h1-3,14H,4H2,(H2,11,12). The van der Waals surface area contributed by atoms with Crippen molar-refractivity contribution in [1.82, 2.24) is 10.1 Å². The van der Waals surface area contributed by atoms with E-state index in [1.54, 1.807) is 18.3 Å². The lowest BCUT2D eigenvalue weighted by molar-refractivity contribution is 0.267. The summed E-state index contributed by atoms with van der Waals surface area (Å²) in [5, 5.41) is 12.5. The minimum absolute atomic E-state index is 0.162. The fourth-order valence-electron chi connectivity index (χ4n) is 1.16. The van der Waals surface area contributed by atoms with E-state index in [4.69, 9.17) is 15.4 Å². The van der Waals surface area contributed by atoms with Crippen LogP contribution in [0.15, 0.2) is 27.3 Å². The van der Waals surface area contributed by atoms with E-state index >= 15 is 0 Å². The van der Waals surface area contributed by atoms with Crippen molar-refractivity contribution in [3.8, 4) is 11.3 Å². The molecule has 0 aliphatic carbocycles. The Morgan fingerprint density at radius 3 is 2.93 bits per heavy atom. The minimum atomic E-state index is -0.162. The lowest BCUT2D eigenvalue weighted by atomic mass is 10.2. The number of hydrogen-bond donors (Lipinski definition) is 2. The molecule has 0 spiro atoms. The predicted molar refractivity (Wildman–Crippen MR) is 57.8 cm³/mol. The quantitative estimate of drug-likeness (QED) is 0.865. The van der Waals surface area contributed by atoms with Gasteiger partial charge in [0, 0.05) is 16.7 Å². The van der Waals surface area contributed by atoms with Gasteiger partial charge in [0.1, 0.15) is 11.5 Å². The van der Waals surface area contributed by atoms with Gasteiger partial charge in [-0.2, -0.15) is 0 Å². The fourth-order valence-corrected chi connectivity index (χ4v) is 1.49. The maximum Gasteiger partial charge on any atom is 0.170 e. The Hall–Kier alpha value is -1.40. The van der Waals surface area contributed by atoms with Crippen molar-refractivity contribution in [2.75, 3.05) is 5.73 Å². The second-order valence-electron chi connectivity index (χ2n) is 2.93. The van der Waals surface area contributed by atoms with Crippen LogP contribution < -0.4 is 5.73 Å². The van der Waals surface area contributed by atoms with E-state index in [2.05, 4.69) is 26.1 Å². The predicted octanol–water partition coefficient (Wildman–Crippen LogP) is 1.57. The van der Waals surface area contributed by atoms with Crippen LogP contribution in [0.1, 0.15) is 5.69 Å². The second-order valence-corrected chi connectivity index (χ2v) is 3.84. The third-order valence-electron chi connectivity index (χ3n) is 1.87. The molecule has 3 N–H and O–H groups in total. The summed E-state index contributed by atoms with van der Waals surface area (Å²) in [7, 11) is 0. The number of anilines is 1. The SMILES string of the molecule is Nc1ncc(Br)cc1-c1cc(CO)no1. The highest BCUT2D eigenvalue weighted by atomic mass is 79.9. The molecule has 2 heterocycles. The first kappa shape index (κ1) is 10.1. The Bertz CT molecular complexity index is 484. The molecule has 2 rings (SSSR count). The molecule has 2 aromatic heterocycles. The van der Waals surface area contributed by atoms with Gasteiger partial charge in [0.15, 0.2) is 5.76 Å². The molecule has 0 aliphatic heterocycles.